The fourth-order valence-corrected chi connectivity index (χ4v) is 2.47. The first-order valence-corrected chi connectivity index (χ1v) is 8.93. The molecule has 0 unspecified atom stereocenters. The molecule has 2 rings (SSSR count). The maximum Gasteiger partial charge on any atom is 0.338 e. The number of nitriles is 1. The minimum Gasteiger partial charge on any atom is -0.462 e. The molecule has 0 saturated carbocycles. The molecular formula is C22H23N3O3. The monoisotopic (exact) mass is 377 g/mol. The standard InChI is InChI=1S/C22H23N3O3/c1-4-28-22(27)18-10-8-17(9-11-18)13-24-14-19(12-23)21(26)25-20-7-5-6-15(2)16(20)3/h5-11,14,24H,4,13H2,1-3H3,(H,25,26)/b19-14-. The van der Waals surface area contributed by atoms with Gasteiger partial charge in [0.1, 0.15) is 11.6 Å². The zero-order valence-corrected chi connectivity index (χ0v) is 16.2. The molecule has 0 fully saturated rings. The number of amides is 1. The summed E-state index contributed by atoms with van der Waals surface area (Å²) in [5, 5.41) is 15.0. The van der Waals surface area contributed by atoms with Crippen LogP contribution >= 0.6 is 0 Å². The van der Waals surface area contributed by atoms with Crippen LogP contribution in [0.15, 0.2) is 54.2 Å². The van der Waals surface area contributed by atoms with Gasteiger partial charge in [-0.25, -0.2) is 4.79 Å². The van der Waals surface area contributed by atoms with Gasteiger partial charge in [-0.15, -0.1) is 0 Å². The van der Waals surface area contributed by atoms with E-state index in [1.54, 1.807) is 37.3 Å². The number of esters is 1. The quantitative estimate of drug-likeness (QED) is 0.437. The van der Waals surface area contributed by atoms with Crippen LogP contribution in [0.3, 0.4) is 0 Å². The lowest BCUT2D eigenvalue weighted by atomic mass is 10.1. The smallest absolute Gasteiger partial charge is 0.338 e. The lowest BCUT2D eigenvalue weighted by molar-refractivity contribution is -0.112. The molecule has 2 aromatic carbocycles. The van der Waals surface area contributed by atoms with E-state index in [0.717, 1.165) is 16.7 Å². The molecule has 0 bridgehead atoms. The molecule has 0 spiro atoms. The van der Waals surface area contributed by atoms with Crippen LogP contribution < -0.4 is 10.6 Å². The van der Waals surface area contributed by atoms with Crippen molar-refractivity contribution in [1.29, 1.82) is 5.26 Å². The Kier molecular flexibility index (Phi) is 7.35. The number of ether oxygens (including phenoxy) is 1. The van der Waals surface area contributed by atoms with Crippen LogP contribution in [0.25, 0.3) is 0 Å². The van der Waals surface area contributed by atoms with E-state index in [4.69, 9.17) is 4.74 Å². The van der Waals surface area contributed by atoms with Gasteiger partial charge >= 0.3 is 5.97 Å². The van der Waals surface area contributed by atoms with Gasteiger partial charge in [-0.05, 0) is 55.7 Å². The Morgan fingerprint density at radius 3 is 2.50 bits per heavy atom. The molecule has 2 aromatic rings. The molecule has 0 radical (unpaired) electrons. The number of rotatable bonds is 7. The van der Waals surface area contributed by atoms with Crippen LogP contribution in [0.5, 0.6) is 0 Å². The zero-order chi connectivity index (χ0) is 20.5. The van der Waals surface area contributed by atoms with E-state index in [1.165, 1.54) is 6.20 Å². The second-order valence-corrected chi connectivity index (χ2v) is 6.17. The SMILES string of the molecule is CCOC(=O)c1ccc(CN/C=C(/C#N)C(=O)Nc2cccc(C)c2C)cc1. The van der Waals surface area contributed by atoms with E-state index in [9.17, 15) is 14.9 Å². The lowest BCUT2D eigenvalue weighted by Crippen LogP contribution is -2.17. The van der Waals surface area contributed by atoms with Gasteiger partial charge in [-0.2, -0.15) is 5.26 Å². The number of hydrogen-bond acceptors (Lipinski definition) is 5. The summed E-state index contributed by atoms with van der Waals surface area (Å²) in [6.45, 7) is 6.37. The van der Waals surface area contributed by atoms with E-state index in [0.29, 0.717) is 24.4 Å². The second kappa shape index (κ2) is 9.93. The Morgan fingerprint density at radius 2 is 1.86 bits per heavy atom. The van der Waals surface area contributed by atoms with E-state index in [-0.39, 0.29) is 11.5 Å². The molecule has 2 N–H and O–H groups in total. The number of benzene rings is 2. The van der Waals surface area contributed by atoms with Crippen molar-refractivity contribution in [2.45, 2.75) is 27.3 Å². The van der Waals surface area contributed by atoms with Gasteiger partial charge in [0, 0.05) is 18.4 Å². The average Bonchev–Trinajstić information content (AvgIpc) is 2.69. The molecule has 144 valence electrons. The third kappa shape index (κ3) is 5.45. The lowest BCUT2D eigenvalue weighted by Gasteiger charge is -2.10. The number of carbonyl (C=O) groups is 2. The molecule has 0 aromatic heterocycles. The van der Waals surface area contributed by atoms with Crippen molar-refractivity contribution in [1.82, 2.24) is 5.32 Å². The summed E-state index contributed by atoms with van der Waals surface area (Å²) in [5.74, 6) is -0.835. The minimum atomic E-state index is -0.471. The van der Waals surface area contributed by atoms with Crippen LogP contribution in [0.1, 0.15) is 34.0 Å². The molecule has 1 amide bonds. The van der Waals surface area contributed by atoms with Gasteiger partial charge in [0.15, 0.2) is 0 Å². The molecule has 0 aliphatic carbocycles. The number of hydrogen-bond donors (Lipinski definition) is 2. The zero-order valence-electron chi connectivity index (χ0n) is 16.2. The van der Waals surface area contributed by atoms with E-state index < -0.39 is 5.91 Å². The van der Waals surface area contributed by atoms with Gasteiger partial charge in [-0.3, -0.25) is 4.79 Å². The summed E-state index contributed by atoms with van der Waals surface area (Å²) in [5.41, 5.74) is 4.06. The molecule has 0 aliphatic heterocycles. The highest BCUT2D eigenvalue weighted by atomic mass is 16.5. The molecule has 0 heterocycles. The first kappa shape index (κ1) is 20.7. The van der Waals surface area contributed by atoms with Gasteiger partial charge in [0.05, 0.1) is 12.2 Å². The van der Waals surface area contributed by atoms with Crippen molar-refractivity contribution >= 4 is 17.6 Å². The van der Waals surface area contributed by atoms with Crippen LogP contribution in [0.4, 0.5) is 5.69 Å². The molecule has 0 atom stereocenters. The van der Waals surface area contributed by atoms with E-state index in [1.807, 2.05) is 32.0 Å². The first-order chi connectivity index (χ1) is 13.5. The fraction of sp³-hybridized carbons (Fsp3) is 0.227. The van der Waals surface area contributed by atoms with E-state index >= 15 is 0 Å². The van der Waals surface area contributed by atoms with Gasteiger partial charge < -0.3 is 15.4 Å². The molecule has 28 heavy (non-hydrogen) atoms. The van der Waals surface area contributed by atoms with Crippen LogP contribution in [-0.4, -0.2) is 18.5 Å². The molecular weight excluding hydrogens is 354 g/mol. The van der Waals surface area contributed by atoms with Crippen molar-refractivity contribution in [3.8, 4) is 6.07 Å². The van der Waals surface area contributed by atoms with Gasteiger partial charge in [-0.1, -0.05) is 24.3 Å². The number of anilines is 1. The summed E-state index contributed by atoms with van der Waals surface area (Å²) in [6, 6.07) is 14.4. The Labute approximate surface area is 164 Å². The largest absolute Gasteiger partial charge is 0.462 e. The fourth-order valence-electron chi connectivity index (χ4n) is 2.47. The maximum absolute atomic E-state index is 12.3. The Bertz CT molecular complexity index is 925. The summed E-state index contributed by atoms with van der Waals surface area (Å²) >= 11 is 0. The predicted molar refractivity (Wildman–Crippen MR) is 107 cm³/mol. The van der Waals surface area contributed by atoms with E-state index in [2.05, 4.69) is 10.6 Å². The summed E-state index contributed by atoms with van der Waals surface area (Å²) in [6.07, 6.45) is 1.39. The molecule has 6 heteroatoms. The van der Waals surface area contributed by atoms with Crippen LogP contribution in [-0.2, 0) is 16.1 Å². The predicted octanol–water partition coefficient (Wildman–Crippen LogP) is 3.62. The Balaban J connectivity index is 1.97. The van der Waals surface area contributed by atoms with Gasteiger partial charge in [0.25, 0.3) is 5.91 Å². The summed E-state index contributed by atoms with van der Waals surface area (Å²) in [7, 11) is 0. The van der Waals surface area contributed by atoms with Crippen molar-refractivity contribution in [2.75, 3.05) is 11.9 Å². The molecule has 0 aliphatic rings. The Hall–Kier alpha value is -3.59. The molecule has 0 saturated heterocycles. The van der Waals surface area contributed by atoms with Crippen molar-refractivity contribution < 1.29 is 14.3 Å². The molecule has 6 nitrogen and oxygen atoms in total. The Morgan fingerprint density at radius 1 is 1.14 bits per heavy atom. The third-order valence-electron chi connectivity index (χ3n) is 4.24. The van der Waals surface area contributed by atoms with Gasteiger partial charge in [0.2, 0.25) is 0 Å². The second-order valence-electron chi connectivity index (χ2n) is 6.17. The number of nitrogens with one attached hydrogen (secondary N) is 2. The highest BCUT2D eigenvalue weighted by Gasteiger charge is 2.11. The van der Waals surface area contributed by atoms with Crippen molar-refractivity contribution in [3.63, 3.8) is 0 Å². The maximum atomic E-state index is 12.3. The summed E-state index contributed by atoms with van der Waals surface area (Å²) < 4.78 is 4.94. The van der Waals surface area contributed by atoms with Crippen LogP contribution in [0.2, 0.25) is 0 Å². The van der Waals surface area contributed by atoms with Crippen molar-refractivity contribution in [2.24, 2.45) is 0 Å². The number of aryl methyl sites for hydroxylation is 1. The van der Waals surface area contributed by atoms with Crippen molar-refractivity contribution in [3.05, 3.63) is 76.5 Å². The number of carbonyl (C=O) groups excluding carboxylic acids is 2. The highest BCUT2D eigenvalue weighted by molar-refractivity contribution is 6.06. The topological polar surface area (TPSA) is 91.2 Å². The number of nitrogens with zero attached hydrogens (tertiary/aromatic N) is 1. The highest BCUT2D eigenvalue weighted by Crippen LogP contribution is 2.18. The normalized spacial score (nSPS) is 10.7. The summed E-state index contributed by atoms with van der Waals surface area (Å²) in [4.78, 5) is 24.0. The average molecular weight is 377 g/mol. The van der Waals surface area contributed by atoms with Crippen LogP contribution in [0, 0.1) is 25.2 Å². The first-order valence-electron chi connectivity index (χ1n) is 8.93. The minimum absolute atomic E-state index is 0.0240. The third-order valence-corrected chi connectivity index (χ3v) is 4.24.